The second-order valence-electron chi connectivity index (χ2n) is 10.4. The van der Waals surface area contributed by atoms with Crippen molar-refractivity contribution in [3.05, 3.63) is 95.3 Å². The maximum absolute atomic E-state index is 5.84. The van der Waals surface area contributed by atoms with Crippen LogP contribution in [0.2, 0.25) is 0 Å². The van der Waals surface area contributed by atoms with Gasteiger partial charge < -0.3 is 20.0 Å². The van der Waals surface area contributed by atoms with E-state index in [-0.39, 0.29) is 0 Å². The van der Waals surface area contributed by atoms with Crippen molar-refractivity contribution in [1.82, 2.24) is 19.8 Å². The molecule has 5 aromatic rings. The third kappa shape index (κ3) is 5.80. The van der Waals surface area contributed by atoms with Gasteiger partial charge in [-0.2, -0.15) is 0 Å². The maximum Gasteiger partial charge on any atom is 0.173 e. The minimum absolute atomic E-state index is 0.805. The van der Waals surface area contributed by atoms with Gasteiger partial charge in [-0.3, -0.25) is 0 Å². The van der Waals surface area contributed by atoms with Gasteiger partial charge in [0.15, 0.2) is 5.11 Å². The van der Waals surface area contributed by atoms with Crippen LogP contribution in [-0.4, -0.2) is 64.7 Å². The van der Waals surface area contributed by atoms with E-state index in [0.29, 0.717) is 0 Å². The number of likely N-dealkylation sites (N-methyl/N-ethyl adjacent to an activating group) is 1. The third-order valence-corrected chi connectivity index (χ3v) is 9.25. The molecule has 2 aromatic heterocycles. The molecule has 204 valence electrons. The van der Waals surface area contributed by atoms with Crippen molar-refractivity contribution in [2.45, 2.75) is 19.9 Å². The van der Waals surface area contributed by atoms with Crippen LogP contribution in [0.25, 0.3) is 21.0 Å². The van der Waals surface area contributed by atoms with Crippen LogP contribution in [0.3, 0.4) is 0 Å². The fourth-order valence-electron chi connectivity index (χ4n) is 5.54. The molecular formula is C32H34N6S2. The van der Waals surface area contributed by atoms with Gasteiger partial charge in [0.05, 0.1) is 5.52 Å². The first-order chi connectivity index (χ1) is 19.5. The van der Waals surface area contributed by atoms with Crippen LogP contribution in [0.5, 0.6) is 0 Å². The number of piperazine rings is 1. The van der Waals surface area contributed by atoms with Gasteiger partial charge >= 0.3 is 0 Å². The van der Waals surface area contributed by atoms with E-state index in [1.165, 1.54) is 31.8 Å². The summed E-state index contributed by atoms with van der Waals surface area (Å²) in [7, 11) is 2.19. The Kier molecular flexibility index (Phi) is 7.91. The van der Waals surface area contributed by atoms with Gasteiger partial charge in [-0.25, -0.2) is 9.97 Å². The molecule has 0 spiro atoms. The Hall–Kier alpha value is -3.59. The van der Waals surface area contributed by atoms with Crippen LogP contribution in [0, 0.1) is 6.92 Å². The number of aromatic nitrogens is 2. The highest BCUT2D eigenvalue weighted by molar-refractivity contribution is 7.80. The molecule has 1 aliphatic rings. The minimum atomic E-state index is 0.805. The zero-order valence-electron chi connectivity index (χ0n) is 23.0. The number of aryl methyl sites for hydroxylation is 1. The van der Waals surface area contributed by atoms with Crippen LogP contribution in [0.4, 0.5) is 11.4 Å². The van der Waals surface area contributed by atoms with Crippen molar-refractivity contribution >= 4 is 61.0 Å². The zero-order valence-corrected chi connectivity index (χ0v) is 24.6. The highest BCUT2D eigenvalue weighted by Gasteiger charge is 2.20. The van der Waals surface area contributed by atoms with Gasteiger partial charge in [0.1, 0.15) is 6.33 Å². The molecule has 0 amide bonds. The Labute approximate surface area is 245 Å². The first kappa shape index (κ1) is 26.6. The quantitative estimate of drug-likeness (QED) is 0.231. The van der Waals surface area contributed by atoms with Crippen LogP contribution < -0.4 is 10.2 Å². The van der Waals surface area contributed by atoms with Crippen molar-refractivity contribution in [2.75, 3.05) is 50.0 Å². The lowest BCUT2D eigenvalue weighted by atomic mass is 10.1. The third-order valence-electron chi connectivity index (χ3n) is 7.76. The monoisotopic (exact) mass is 566 g/mol. The SMILES string of the molecule is Cc1sc2ccc(NC(=S)N3CCN(c4ccccc4)CC3)cc2c1CCN(C)Cc1cccc2ncncc12. The van der Waals surface area contributed by atoms with Gasteiger partial charge in [0.25, 0.3) is 0 Å². The Balaban J connectivity index is 1.09. The molecule has 6 nitrogen and oxygen atoms in total. The molecular weight excluding hydrogens is 533 g/mol. The molecule has 0 saturated carbocycles. The number of thiocarbonyl (C=S) groups is 1. The Morgan fingerprint density at radius 1 is 1.00 bits per heavy atom. The second kappa shape index (κ2) is 11.9. The van der Waals surface area contributed by atoms with E-state index in [9.17, 15) is 0 Å². The summed E-state index contributed by atoms with van der Waals surface area (Å²) in [5.41, 5.74) is 6.03. The van der Waals surface area contributed by atoms with Crippen LogP contribution in [-0.2, 0) is 13.0 Å². The summed E-state index contributed by atoms with van der Waals surface area (Å²) in [6.45, 7) is 7.85. The first-order valence-corrected chi connectivity index (χ1v) is 15.0. The summed E-state index contributed by atoms with van der Waals surface area (Å²) in [5.74, 6) is 0. The maximum atomic E-state index is 5.84. The topological polar surface area (TPSA) is 47.5 Å². The van der Waals surface area contributed by atoms with E-state index in [4.69, 9.17) is 12.2 Å². The number of nitrogens with zero attached hydrogens (tertiary/aromatic N) is 5. The predicted octanol–water partition coefficient (Wildman–Crippen LogP) is 6.35. The van der Waals surface area contributed by atoms with E-state index in [1.54, 1.807) is 6.33 Å². The molecule has 1 aliphatic heterocycles. The number of thiophene rings is 1. The number of benzene rings is 3. The number of fused-ring (bicyclic) bond motifs is 2. The number of hydrogen-bond donors (Lipinski definition) is 1. The van der Waals surface area contributed by atoms with Crippen molar-refractivity contribution in [3.8, 4) is 0 Å². The average molecular weight is 567 g/mol. The molecule has 3 aromatic carbocycles. The summed E-state index contributed by atoms with van der Waals surface area (Å²) in [4.78, 5) is 17.1. The van der Waals surface area contributed by atoms with E-state index in [2.05, 4.69) is 105 Å². The molecule has 0 bridgehead atoms. The molecule has 1 saturated heterocycles. The number of nitrogens with one attached hydrogen (secondary N) is 1. The highest BCUT2D eigenvalue weighted by atomic mass is 32.1. The Morgan fingerprint density at radius 3 is 2.65 bits per heavy atom. The molecule has 6 rings (SSSR count). The van der Waals surface area contributed by atoms with Crippen molar-refractivity contribution in [2.24, 2.45) is 0 Å². The van der Waals surface area contributed by atoms with Gasteiger partial charge in [0, 0.05) is 71.8 Å². The predicted molar refractivity (Wildman–Crippen MR) is 173 cm³/mol. The fourth-order valence-corrected chi connectivity index (χ4v) is 6.94. The number of hydrogen-bond acceptors (Lipinski definition) is 6. The minimum Gasteiger partial charge on any atom is -0.368 e. The smallest absolute Gasteiger partial charge is 0.173 e. The van der Waals surface area contributed by atoms with Gasteiger partial charge in [-0.05, 0) is 85.5 Å². The summed E-state index contributed by atoms with van der Waals surface area (Å²) in [6, 6.07) is 23.6. The second-order valence-corrected chi connectivity index (χ2v) is 12.1. The Morgan fingerprint density at radius 2 is 1.82 bits per heavy atom. The van der Waals surface area contributed by atoms with E-state index in [1.807, 2.05) is 23.6 Å². The lowest BCUT2D eigenvalue weighted by molar-refractivity contribution is 0.332. The molecule has 3 heterocycles. The fraction of sp³-hybridized carbons (Fsp3) is 0.281. The van der Waals surface area contributed by atoms with Gasteiger partial charge in [-0.15, -0.1) is 11.3 Å². The molecule has 1 N–H and O–H groups in total. The van der Waals surface area contributed by atoms with Crippen LogP contribution >= 0.6 is 23.6 Å². The standard InChI is InChI=1S/C32H34N6S2/c1-23-27(13-14-36(2)21-24-7-6-10-30-29(24)20-33-22-34-30)28-19-25(11-12-31(28)40-23)35-32(39)38-17-15-37(16-18-38)26-8-4-3-5-9-26/h3-12,19-20,22H,13-18,21H2,1-2H3,(H,35,39). The molecule has 40 heavy (non-hydrogen) atoms. The van der Waals surface area contributed by atoms with Gasteiger partial charge in [-0.1, -0.05) is 30.3 Å². The molecule has 1 fully saturated rings. The van der Waals surface area contributed by atoms with Crippen molar-refractivity contribution in [3.63, 3.8) is 0 Å². The van der Waals surface area contributed by atoms with Crippen LogP contribution in [0.15, 0.2) is 79.3 Å². The number of anilines is 2. The lowest BCUT2D eigenvalue weighted by Crippen LogP contribution is -2.50. The van der Waals surface area contributed by atoms with Crippen molar-refractivity contribution < 1.29 is 0 Å². The largest absolute Gasteiger partial charge is 0.368 e. The normalized spacial score (nSPS) is 13.9. The number of rotatable bonds is 7. The summed E-state index contributed by atoms with van der Waals surface area (Å²) < 4.78 is 1.33. The van der Waals surface area contributed by atoms with Crippen molar-refractivity contribution in [1.29, 1.82) is 0 Å². The molecule has 0 atom stereocenters. The molecule has 8 heteroatoms. The summed E-state index contributed by atoms with van der Waals surface area (Å²) in [6.07, 6.45) is 4.53. The van der Waals surface area contributed by atoms with E-state index in [0.717, 1.165) is 67.4 Å². The number of para-hydroxylation sites is 1. The Bertz CT molecular complexity index is 1620. The average Bonchev–Trinajstić information content (AvgIpc) is 3.30. The summed E-state index contributed by atoms with van der Waals surface area (Å²) >= 11 is 7.71. The molecule has 0 radical (unpaired) electrons. The van der Waals surface area contributed by atoms with Crippen LogP contribution in [0.1, 0.15) is 16.0 Å². The molecule has 0 aliphatic carbocycles. The van der Waals surface area contributed by atoms with E-state index < -0.39 is 0 Å². The first-order valence-electron chi connectivity index (χ1n) is 13.8. The molecule has 0 unspecified atom stereocenters. The lowest BCUT2D eigenvalue weighted by Gasteiger charge is -2.37. The van der Waals surface area contributed by atoms with Gasteiger partial charge in [0.2, 0.25) is 0 Å². The summed E-state index contributed by atoms with van der Waals surface area (Å²) in [5, 5.41) is 6.79. The highest BCUT2D eigenvalue weighted by Crippen LogP contribution is 2.33. The van der Waals surface area contributed by atoms with E-state index >= 15 is 0 Å². The zero-order chi connectivity index (χ0) is 27.5.